The Balaban J connectivity index is 1.13. The molecule has 0 radical (unpaired) electrons. The summed E-state index contributed by atoms with van der Waals surface area (Å²) in [7, 11) is 0. The maximum atomic E-state index is 6.21. The second kappa shape index (κ2) is 12.2. The van der Waals surface area contributed by atoms with Gasteiger partial charge in [0.15, 0.2) is 11.9 Å². The lowest BCUT2D eigenvalue weighted by molar-refractivity contribution is -0.0368. The van der Waals surface area contributed by atoms with Crippen molar-refractivity contribution in [2.75, 3.05) is 44.4 Å². The van der Waals surface area contributed by atoms with Crippen LogP contribution in [0.15, 0.2) is 54.7 Å². The van der Waals surface area contributed by atoms with Crippen LogP contribution in [0.25, 0.3) is 33.4 Å². The molecule has 0 spiro atoms. The lowest BCUT2D eigenvalue weighted by Gasteiger charge is -2.41. The molecule has 4 aromatic rings. The highest BCUT2D eigenvalue weighted by Crippen LogP contribution is 2.39. The van der Waals surface area contributed by atoms with Gasteiger partial charge in [-0.1, -0.05) is 30.3 Å². The van der Waals surface area contributed by atoms with Crippen LogP contribution in [0, 0.1) is 0 Å². The fourth-order valence-corrected chi connectivity index (χ4v) is 8.40. The predicted octanol–water partition coefficient (Wildman–Crippen LogP) is 7.42. The topological polar surface area (TPSA) is 55.7 Å². The third-order valence-corrected chi connectivity index (χ3v) is 11.1. The number of hydrogen-bond donors (Lipinski definition) is 0. The smallest absolute Gasteiger partial charge is 0.161 e. The zero-order valence-corrected chi connectivity index (χ0v) is 27.0. The van der Waals surface area contributed by atoms with Crippen molar-refractivity contribution < 1.29 is 9.47 Å². The standard InChI is InChI=1S/C38H47N5O2/c1-27-6-5-18-42(27)38(2)16-14-28-8-9-30(24-31(28)15-17-38)32-25-34-36(29-10-12-33(13-11-29)41-19-22-44-23-20-41)40-43(37(34)39-26-32)35-7-3-4-21-45-35/h8-13,24-27,35H,3-7,14-23H2,1-2H3/t27-,35?,38?/m1/s1. The van der Waals surface area contributed by atoms with E-state index in [2.05, 4.69) is 72.2 Å². The fraction of sp³-hybridized carbons (Fsp3) is 0.526. The van der Waals surface area contributed by atoms with Crippen LogP contribution in [0.3, 0.4) is 0 Å². The van der Waals surface area contributed by atoms with E-state index in [0.29, 0.717) is 6.04 Å². The van der Waals surface area contributed by atoms with Gasteiger partial charge in [0.05, 0.1) is 13.2 Å². The van der Waals surface area contributed by atoms with Crippen molar-refractivity contribution in [2.24, 2.45) is 0 Å². The van der Waals surface area contributed by atoms with Crippen molar-refractivity contribution in [1.82, 2.24) is 19.7 Å². The van der Waals surface area contributed by atoms with E-state index in [0.717, 1.165) is 92.9 Å². The number of benzene rings is 2. The van der Waals surface area contributed by atoms with E-state index in [1.165, 1.54) is 54.6 Å². The van der Waals surface area contributed by atoms with Gasteiger partial charge in [0.1, 0.15) is 5.69 Å². The fourth-order valence-electron chi connectivity index (χ4n) is 8.40. The molecule has 2 aromatic heterocycles. The Hall–Kier alpha value is -3.26. The van der Waals surface area contributed by atoms with Crippen molar-refractivity contribution in [1.29, 1.82) is 0 Å². The Morgan fingerprint density at radius 3 is 2.36 bits per heavy atom. The van der Waals surface area contributed by atoms with Gasteiger partial charge in [-0.3, -0.25) is 4.90 Å². The van der Waals surface area contributed by atoms with Crippen molar-refractivity contribution in [3.63, 3.8) is 0 Å². The molecular weight excluding hydrogens is 558 g/mol. The number of morpholine rings is 1. The number of aryl methyl sites for hydroxylation is 2. The first-order valence-electron chi connectivity index (χ1n) is 17.4. The Labute approximate surface area is 267 Å². The maximum Gasteiger partial charge on any atom is 0.161 e. The molecule has 2 unspecified atom stereocenters. The van der Waals surface area contributed by atoms with Gasteiger partial charge in [0.2, 0.25) is 0 Å². The van der Waals surface area contributed by atoms with E-state index in [1.807, 2.05) is 10.9 Å². The average molecular weight is 606 g/mol. The highest BCUT2D eigenvalue weighted by molar-refractivity contribution is 5.94. The third kappa shape index (κ3) is 5.57. The summed E-state index contributed by atoms with van der Waals surface area (Å²) in [5.41, 5.74) is 9.95. The minimum atomic E-state index is -0.0684. The van der Waals surface area contributed by atoms with E-state index < -0.39 is 0 Å². The Morgan fingerprint density at radius 2 is 1.60 bits per heavy atom. The largest absolute Gasteiger partial charge is 0.378 e. The molecule has 2 aromatic carbocycles. The lowest BCUT2D eigenvalue weighted by Crippen LogP contribution is -2.48. The van der Waals surface area contributed by atoms with Crippen molar-refractivity contribution in [3.05, 3.63) is 65.9 Å². The first-order chi connectivity index (χ1) is 22.1. The number of likely N-dealkylation sites (tertiary alicyclic amines) is 1. The van der Waals surface area contributed by atoms with Crippen LogP contribution in [0.5, 0.6) is 0 Å². The van der Waals surface area contributed by atoms with Gasteiger partial charge < -0.3 is 14.4 Å². The highest BCUT2D eigenvalue weighted by atomic mass is 16.5. The van der Waals surface area contributed by atoms with Crippen LogP contribution in [-0.2, 0) is 22.3 Å². The SMILES string of the molecule is C[C@@H]1CCCN1C1(C)CCc2ccc(-c3cnc4c(c3)c(-c3ccc(N5CCOCC5)cc3)nn4C3CCCCO3)cc2CC1. The molecule has 7 heteroatoms. The van der Waals surface area contributed by atoms with Gasteiger partial charge in [-0.15, -0.1) is 0 Å². The number of hydrogen-bond acceptors (Lipinski definition) is 6. The Morgan fingerprint density at radius 1 is 0.800 bits per heavy atom. The lowest BCUT2D eigenvalue weighted by atomic mass is 9.89. The van der Waals surface area contributed by atoms with E-state index in [-0.39, 0.29) is 11.8 Å². The zero-order chi connectivity index (χ0) is 30.4. The normalized spacial score (nSPS) is 26.2. The van der Waals surface area contributed by atoms with Gasteiger partial charge in [0, 0.05) is 59.7 Å². The number of aromatic nitrogens is 3. The number of rotatable bonds is 5. The summed E-state index contributed by atoms with van der Waals surface area (Å²) in [4.78, 5) is 10.3. The minimum absolute atomic E-state index is 0.0684. The molecule has 45 heavy (non-hydrogen) atoms. The molecule has 3 atom stereocenters. The molecular formula is C38H47N5O2. The molecule has 236 valence electrons. The van der Waals surface area contributed by atoms with Gasteiger partial charge in [-0.25, -0.2) is 9.67 Å². The third-order valence-electron chi connectivity index (χ3n) is 11.1. The summed E-state index contributed by atoms with van der Waals surface area (Å²) >= 11 is 0. The minimum Gasteiger partial charge on any atom is -0.378 e. The van der Waals surface area contributed by atoms with Crippen LogP contribution in [0.4, 0.5) is 5.69 Å². The van der Waals surface area contributed by atoms with E-state index >= 15 is 0 Å². The molecule has 8 rings (SSSR count). The summed E-state index contributed by atoms with van der Waals surface area (Å²) in [5.74, 6) is 0. The number of ether oxygens (including phenoxy) is 2. The van der Waals surface area contributed by atoms with E-state index in [1.54, 1.807) is 0 Å². The summed E-state index contributed by atoms with van der Waals surface area (Å²) in [6, 6.07) is 19.0. The highest BCUT2D eigenvalue weighted by Gasteiger charge is 2.38. The molecule has 0 amide bonds. The van der Waals surface area contributed by atoms with E-state index in [4.69, 9.17) is 19.6 Å². The monoisotopic (exact) mass is 605 g/mol. The van der Waals surface area contributed by atoms with Crippen LogP contribution in [0.1, 0.15) is 76.1 Å². The number of pyridine rings is 1. The summed E-state index contributed by atoms with van der Waals surface area (Å²) in [6.45, 7) is 10.4. The van der Waals surface area contributed by atoms with E-state index in [9.17, 15) is 0 Å². The van der Waals surface area contributed by atoms with Crippen molar-refractivity contribution in [3.8, 4) is 22.4 Å². The number of anilines is 1. The van der Waals surface area contributed by atoms with Crippen LogP contribution >= 0.6 is 0 Å². The quantitative estimate of drug-likeness (QED) is 0.221. The first-order valence-corrected chi connectivity index (χ1v) is 17.4. The molecule has 3 aliphatic heterocycles. The van der Waals surface area contributed by atoms with Crippen molar-refractivity contribution in [2.45, 2.75) is 89.4 Å². The summed E-state index contributed by atoms with van der Waals surface area (Å²) in [5, 5.41) is 6.28. The molecule has 0 N–H and O–H groups in total. The summed E-state index contributed by atoms with van der Waals surface area (Å²) < 4.78 is 13.8. The second-order valence-corrected chi connectivity index (χ2v) is 14.0. The molecule has 4 aliphatic rings. The van der Waals surface area contributed by atoms with Crippen LogP contribution in [0.2, 0.25) is 0 Å². The summed E-state index contributed by atoms with van der Waals surface area (Å²) in [6.07, 6.45) is 12.6. The van der Waals surface area contributed by atoms with Crippen LogP contribution in [-0.4, -0.2) is 70.7 Å². The predicted molar refractivity (Wildman–Crippen MR) is 181 cm³/mol. The molecule has 3 fully saturated rings. The Bertz CT molecular complexity index is 1650. The molecule has 1 aliphatic carbocycles. The van der Waals surface area contributed by atoms with Gasteiger partial charge in [0.25, 0.3) is 0 Å². The van der Waals surface area contributed by atoms with Crippen molar-refractivity contribution >= 4 is 16.7 Å². The van der Waals surface area contributed by atoms with Gasteiger partial charge >= 0.3 is 0 Å². The maximum absolute atomic E-state index is 6.21. The molecule has 0 saturated carbocycles. The van der Waals surface area contributed by atoms with Gasteiger partial charge in [-0.05, 0) is 113 Å². The number of fused-ring (bicyclic) bond motifs is 2. The zero-order valence-electron chi connectivity index (χ0n) is 27.0. The van der Waals surface area contributed by atoms with Gasteiger partial charge in [-0.2, -0.15) is 5.10 Å². The average Bonchev–Trinajstić information content (AvgIpc) is 3.66. The molecule has 3 saturated heterocycles. The molecule has 0 bridgehead atoms. The molecule has 5 heterocycles. The Kier molecular flexibility index (Phi) is 7.88. The first kappa shape index (κ1) is 29.2. The van der Waals surface area contributed by atoms with Crippen LogP contribution < -0.4 is 4.90 Å². The second-order valence-electron chi connectivity index (χ2n) is 14.0. The number of nitrogens with zero attached hydrogens (tertiary/aromatic N) is 5. The molecule has 7 nitrogen and oxygen atoms in total.